The number of rotatable bonds is 5. The molecular weight excluding hydrogens is 264 g/mol. The minimum atomic E-state index is 0.489. The lowest BCUT2D eigenvalue weighted by molar-refractivity contribution is 0.406. The number of halogens is 1. The molecule has 0 atom stereocenters. The van der Waals surface area contributed by atoms with Gasteiger partial charge in [0.25, 0.3) is 0 Å². The van der Waals surface area contributed by atoms with E-state index in [4.69, 9.17) is 22.1 Å². The predicted molar refractivity (Wildman–Crippen MR) is 75.5 cm³/mol. The predicted octanol–water partition coefficient (Wildman–Crippen LogP) is 2.52. The van der Waals surface area contributed by atoms with Crippen molar-refractivity contribution in [3.8, 4) is 5.75 Å². The van der Waals surface area contributed by atoms with Gasteiger partial charge < -0.3 is 10.5 Å². The first-order chi connectivity index (χ1) is 9.15. The summed E-state index contributed by atoms with van der Waals surface area (Å²) in [5.74, 6) is 1.27. The van der Waals surface area contributed by atoms with Crippen molar-refractivity contribution < 1.29 is 4.74 Å². The van der Waals surface area contributed by atoms with Gasteiger partial charge in [-0.3, -0.25) is 0 Å². The number of hydrogen-bond donors (Lipinski definition) is 1. The minimum Gasteiger partial charge on any atom is -0.496 e. The quantitative estimate of drug-likeness (QED) is 0.914. The van der Waals surface area contributed by atoms with Gasteiger partial charge in [0.15, 0.2) is 5.82 Å². The molecule has 19 heavy (non-hydrogen) atoms. The lowest BCUT2D eigenvalue weighted by atomic mass is 10.2. The van der Waals surface area contributed by atoms with Gasteiger partial charge in [-0.1, -0.05) is 30.2 Å². The van der Waals surface area contributed by atoms with Crippen molar-refractivity contribution in [2.24, 2.45) is 0 Å². The first-order valence-electron chi connectivity index (χ1n) is 6.16. The van der Waals surface area contributed by atoms with E-state index in [-0.39, 0.29) is 0 Å². The number of benzene rings is 1. The second kappa shape index (κ2) is 5.93. The summed E-state index contributed by atoms with van der Waals surface area (Å²) in [5, 5.41) is 8.67. The Kier molecular flexibility index (Phi) is 4.27. The Morgan fingerprint density at radius 2 is 2.21 bits per heavy atom. The highest BCUT2D eigenvalue weighted by Gasteiger charge is 2.12. The van der Waals surface area contributed by atoms with Crippen LogP contribution in [0.3, 0.4) is 0 Å². The smallest absolute Gasteiger partial charge is 0.169 e. The highest BCUT2D eigenvalue weighted by atomic mass is 35.5. The van der Waals surface area contributed by atoms with Crippen LogP contribution in [0.15, 0.2) is 18.2 Å². The Labute approximate surface area is 117 Å². The number of nitrogen functional groups attached to an aromatic ring is 1. The third-order valence-corrected chi connectivity index (χ3v) is 3.15. The fourth-order valence-corrected chi connectivity index (χ4v) is 2.19. The molecule has 1 aromatic heterocycles. The van der Waals surface area contributed by atoms with Gasteiger partial charge in [-0.15, -0.1) is 5.10 Å². The zero-order valence-corrected chi connectivity index (χ0v) is 11.8. The van der Waals surface area contributed by atoms with E-state index in [0.29, 0.717) is 17.4 Å². The SMILES string of the molecule is CCCc1c(N)nnn1Cc1cc(Cl)ccc1OC. The molecule has 0 unspecified atom stereocenters. The van der Waals surface area contributed by atoms with Crippen LogP contribution >= 0.6 is 11.6 Å². The lowest BCUT2D eigenvalue weighted by Crippen LogP contribution is -2.08. The van der Waals surface area contributed by atoms with Crippen LogP contribution in [0.5, 0.6) is 5.75 Å². The fourth-order valence-electron chi connectivity index (χ4n) is 2.00. The summed E-state index contributed by atoms with van der Waals surface area (Å²) < 4.78 is 7.13. The summed E-state index contributed by atoms with van der Waals surface area (Å²) in [5.41, 5.74) is 7.73. The molecule has 0 aliphatic heterocycles. The fraction of sp³-hybridized carbons (Fsp3) is 0.385. The van der Waals surface area contributed by atoms with Gasteiger partial charge in [0.05, 0.1) is 19.3 Å². The molecule has 5 nitrogen and oxygen atoms in total. The molecule has 1 heterocycles. The maximum Gasteiger partial charge on any atom is 0.169 e. The van der Waals surface area contributed by atoms with Crippen molar-refractivity contribution in [2.45, 2.75) is 26.3 Å². The highest BCUT2D eigenvalue weighted by Crippen LogP contribution is 2.24. The summed E-state index contributed by atoms with van der Waals surface area (Å²) in [4.78, 5) is 0. The minimum absolute atomic E-state index is 0.489. The molecule has 0 bridgehead atoms. The molecule has 0 aliphatic rings. The van der Waals surface area contributed by atoms with Crippen molar-refractivity contribution in [2.75, 3.05) is 12.8 Å². The molecule has 0 radical (unpaired) electrons. The monoisotopic (exact) mass is 280 g/mol. The van der Waals surface area contributed by atoms with Crippen molar-refractivity contribution in [3.63, 3.8) is 0 Å². The second-order valence-electron chi connectivity index (χ2n) is 4.29. The number of methoxy groups -OCH3 is 1. The van der Waals surface area contributed by atoms with Crippen LogP contribution in [-0.4, -0.2) is 22.1 Å². The summed E-state index contributed by atoms with van der Waals surface area (Å²) in [7, 11) is 1.63. The van der Waals surface area contributed by atoms with Crippen molar-refractivity contribution in [1.82, 2.24) is 15.0 Å². The first kappa shape index (κ1) is 13.7. The molecule has 0 amide bonds. The molecule has 102 valence electrons. The van der Waals surface area contributed by atoms with Crippen molar-refractivity contribution in [3.05, 3.63) is 34.5 Å². The van der Waals surface area contributed by atoms with Crippen LogP contribution in [0.4, 0.5) is 5.82 Å². The molecule has 2 aromatic rings. The summed E-state index contributed by atoms with van der Waals surface area (Å²) in [6.45, 7) is 2.64. The van der Waals surface area contributed by atoms with E-state index in [1.165, 1.54) is 0 Å². The second-order valence-corrected chi connectivity index (χ2v) is 4.72. The van der Waals surface area contributed by atoms with Crippen molar-refractivity contribution in [1.29, 1.82) is 0 Å². The van der Waals surface area contributed by atoms with E-state index in [2.05, 4.69) is 17.2 Å². The van der Waals surface area contributed by atoms with Crippen molar-refractivity contribution >= 4 is 17.4 Å². The molecule has 2 rings (SSSR count). The van der Waals surface area contributed by atoms with Gasteiger partial charge in [0.2, 0.25) is 0 Å². The Bertz CT molecular complexity index is 568. The maximum atomic E-state index is 6.02. The molecule has 6 heteroatoms. The number of nitrogens with zero attached hydrogens (tertiary/aromatic N) is 3. The van der Waals surface area contributed by atoms with E-state index in [1.54, 1.807) is 17.9 Å². The van der Waals surface area contributed by atoms with E-state index in [0.717, 1.165) is 29.8 Å². The number of ether oxygens (including phenoxy) is 1. The van der Waals surface area contributed by atoms with Crippen LogP contribution in [0.2, 0.25) is 5.02 Å². The average molecular weight is 281 g/mol. The van der Waals surface area contributed by atoms with Gasteiger partial charge in [0, 0.05) is 10.6 Å². The van der Waals surface area contributed by atoms with Crippen LogP contribution in [-0.2, 0) is 13.0 Å². The molecule has 0 aliphatic carbocycles. The molecular formula is C13H17ClN4O. The van der Waals surface area contributed by atoms with Crippen LogP contribution in [0.1, 0.15) is 24.6 Å². The van der Waals surface area contributed by atoms with Crippen LogP contribution in [0, 0.1) is 0 Å². The van der Waals surface area contributed by atoms with E-state index >= 15 is 0 Å². The summed E-state index contributed by atoms with van der Waals surface area (Å²) in [6.07, 6.45) is 1.84. The molecule has 0 saturated heterocycles. The van der Waals surface area contributed by atoms with E-state index in [9.17, 15) is 0 Å². The number of anilines is 1. The van der Waals surface area contributed by atoms with Crippen LogP contribution < -0.4 is 10.5 Å². The molecule has 0 spiro atoms. The number of aromatic nitrogens is 3. The van der Waals surface area contributed by atoms with Gasteiger partial charge in [0.1, 0.15) is 5.75 Å². The Morgan fingerprint density at radius 1 is 1.42 bits per heavy atom. The highest BCUT2D eigenvalue weighted by molar-refractivity contribution is 6.30. The average Bonchev–Trinajstić information content (AvgIpc) is 2.72. The zero-order chi connectivity index (χ0) is 13.8. The standard InChI is InChI=1S/C13H17ClN4O/c1-3-4-11-13(15)16-17-18(11)8-9-7-10(14)5-6-12(9)19-2/h5-7H,3-4,8,15H2,1-2H3. The van der Waals surface area contributed by atoms with E-state index in [1.807, 2.05) is 12.1 Å². The maximum absolute atomic E-state index is 6.02. The zero-order valence-electron chi connectivity index (χ0n) is 11.1. The largest absolute Gasteiger partial charge is 0.496 e. The molecule has 0 fully saturated rings. The first-order valence-corrected chi connectivity index (χ1v) is 6.53. The molecule has 2 N–H and O–H groups in total. The lowest BCUT2D eigenvalue weighted by Gasteiger charge is -2.10. The molecule has 0 saturated carbocycles. The number of nitrogens with two attached hydrogens (primary N) is 1. The Morgan fingerprint density at radius 3 is 2.89 bits per heavy atom. The van der Waals surface area contributed by atoms with Gasteiger partial charge >= 0.3 is 0 Å². The third-order valence-electron chi connectivity index (χ3n) is 2.92. The number of hydrogen-bond acceptors (Lipinski definition) is 4. The summed E-state index contributed by atoms with van der Waals surface area (Å²) in [6, 6.07) is 5.51. The normalized spacial score (nSPS) is 10.7. The topological polar surface area (TPSA) is 66.0 Å². The Hall–Kier alpha value is -1.75. The van der Waals surface area contributed by atoms with Gasteiger partial charge in [-0.2, -0.15) is 0 Å². The molecule has 1 aromatic carbocycles. The Balaban J connectivity index is 2.33. The summed E-state index contributed by atoms with van der Waals surface area (Å²) >= 11 is 6.02. The van der Waals surface area contributed by atoms with Gasteiger partial charge in [-0.25, -0.2) is 4.68 Å². The van der Waals surface area contributed by atoms with E-state index < -0.39 is 0 Å². The third kappa shape index (κ3) is 2.98. The van der Waals surface area contributed by atoms with Gasteiger partial charge in [-0.05, 0) is 24.6 Å². The van der Waals surface area contributed by atoms with Crippen LogP contribution in [0.25, 0.3) is 0 Å².